The fraction of sp³-hybridized carbons (Fsp3) is 0.111. The molecule has 0 radical (unpaired) electrons. The summed E-state index contributed by atoms with van der Waals surface area (Å²) >= 11 is 0. The van der Waals surface area contributed by atoms with Crippen LogP contribution in [0.3, 0.4) is 0 Å². The van der Waals surface area contributed by atoms with E-state index in [1.54, 1.807) is 5.06 Å². The number of aromatic amines is 2. The number of fused-ring (bicyclic) bond motifs is 18. The van der Waals surface area contributed by atoms with E-state index in [1.165, 1.54) is 0 Å². The lowest BCUT2D eigenvalue weighted by Crippen LogP contribution is -2.31. The molecule has 9 rings (SSSR count). The SMILES string of the molecule is CCOc1cccc2c3[nH]c(c12)N=C1N=C(Nc2[nH]c(c4ccccc24)N=C2N=C(c4ccccc42)N3OCC)c2ccccc21. The summed E-state index contributed by atoms with van der Waals surface area (Å²) in [4.78, 5) is 33.9. The van der Waals surface area contributed by atoms with Gasteiger partial charge < -0.3 is 20.0 Å². The molecule has 10 heteroatoms. The third-order valence-corrected chi connectivity index (χ3v) is 8.34. The third-order valence-electron chi connectivity index (χ3n) is 8.34. The number of nitrogens with zero attached hydrogens (tertiary/aromatic N) is 5. The van der Waals surface area contributed by atoms with Gasteiger partial charge >= 0.3 is 0 Å². The molecular weight excluding hydrogens is 576 g/mol. The van der Waals surface area contributed by atoms with Crippen molar-refractivity contribution in [3.05, 3.63) is 113 Å². The Morgan fingerprint density at radius 1 is 0.609 bits per heavy atom. The van der Waals surface area contributed by atoms with Crippen LogP contribution in [-0.2, 0) is 4.84 Å². The van der Waals surface area contributed by atoms with Gasteiger partial charge in [0.15, 0.2) is 17.5 Å². The van der Waals surface area contributed by atoms with Crippen LogP contribution in [0, 0.1) is 0 Å². The van der Waals surface area contributed by atoms with E-state index in [-0.39, 0.29) is 0 Å². The van der Waals surface area contributed by atoms with E-state index < -0.39 is 0 Å². The van der Waals surface area contributed by atoms with Crippen molar-refractivity contribution in [1.29, 1.82) is 0 Å². The molecular formula is C36H28N8O2. The molecule has 0 unspecified atom stereocenters. The molecule has 4 aromatic carbocycles. The van der Waals surface area contributed by atoms with Crippen LogP contribution in [0.2, 0.25) is 0 Å². The summed E-state index contributed by atoms with van der Waals surface area (Å²) in [6.45, 7) is 4.84. The summed E-state index contributed by atoms with van der Waals surface area (Å²) in [6.07, 6.45) is 0. The smallest absolute Gasteiger partial charge is 0.170 e. The number of benzene rings is 4. The second kappa shape index (κ2) is 10.3. The molecule has 0 aliphatic carbocycles. The van der Waals surface area contributed by atoms with Crippen molar-refractivity contribution in [2.24, 2.45) is 20.0 Å². The van der Waals surface area contributed by atoms with E-state index in [4.69, 9.17) is 29.5 Å². The highest BCUT2D eigenvalue weighted by atomic mass is 16.7. The molecule has 2 aromatic heterocycles. The van der Waals surface area contributed by atoms with Crippen molar-refractivity contribution in [2.75, 3.05) is 23.6 Å². The van der Waals surface area contributed by atoms with Gasteiger partial charge in [0.2, 0.25) is 0 Å². The van der Waals surface area contributed by atoms with Gasteiger partial charge in [-0.1, -0.05) is 84.9 Å². The van der Waals surface area contributed by atoms with Crippen LogP contribution < -0.4 is 15.1 Å². The lowest BCUT2D eigenvalue weighted by Gasteiger charge is -2.22. The number of H-pyrrole nitrogens is 2. The molecule has 46 heavy (non-hydrogen) atoms. The molecule has 6 aromatic rings. The van der Waals surface area contributed by atoms with E-state index in [9.17, 15) is 0 Å². The normalized spacial score (nSPS) is 14.8. The van der Waals surface area contributed by atoms with Crippen LogP contribution in [0.5, 0.6) is 5.75 Å². The van der Waals surface area contributed by atoms with Gasteiger partial charge in [-0.25, -0.2) is 20.0 Å². The molecule has 10 nitrogen and oxygen atoms in total. The average molecular weight is 605 g/mol. The number of amidine groups is 4. The maximum absolute atomic E-state index is 6.38. The molecule has 3 aliphatic rings. The van der Waals surface area contributed by atoms with Gasteiger partial charge in [-0.2, -0.15) is 5.06 Å². The number of aliphatic imine (C=N–C) groups is 4. The van der Waals surface area contributed by atoms with Gasteiger partial charge in [0, 0.05) is 38.4 Å². The van der Waals surface area contributed by atoms with E-state index in [0.717, 1.165) is 49.6 Å². The minimum Gasteiger partial charge on any atom is -0.493 e. The van der Waals surface area contributed by atoms with Crippen molar-refractivity contribution < 1.29 is 9.57 Å². The Morgan fingerprint density at radius 3 is 2.09 bits per heavy atom. The quantitative estimate of drug-likeness (QED) is 0.192. The number of ether oxygens (including phenoxy) is 1. The fourth-order valence-electron chi connectivity index (χ4n) is 6.40. The first-order valence-corrected chi connectivity index (χ1v) is 15.3. The van der Waals surface area contributed by atoms with E-state index in [2.05, 4.69) is 33.5 Å². The summed E-state index contributed by atoms with van der Waals surface area (Å²) in [5.41, 5.74) is 3.68. The predicted molar refractivity (Wildman–Crippen MR) is 184 cm³/mol. The summed E-state index contributed by atoms with van der Waals surface area (Å²) in [7, 11) is 0. The Kier molecular flexibility index (Phi) is 5.90. The highest BCUT2D eigenvalue weighted by molar-refractivity contribution is 6.30. The first-order valence-electron chi connectivity index (χ1n) is 15.3. The third kappa shape index (κ3) is 3.93. The first kappa shape index (κ1) is 26.4. The standard InChI is InChI=1S/C36H28N8O2/c1-3-45-27-19-11-18-26-28(27)34-41-32-23-15-8-7-14-22(23)30(39-32)37-29-20-12-5-6-13-21(20)31(38-29)40-33-24-16-9-10-17-25(24)35(42-33)44(46-4-2)36(26)43-34/h5-19,38,43H,3-4H2,1-2H3,(H,37,39,41). The second-order valence-electron chi connectivity index (χ2n) is 11.0. The Bertz CT molecular complexity index is 2340. The number of nitrogens with one attached hydrogen (secondary N) is 3. The number of rotatable bonds is 4. The van der Waals surface area contributed by atoms with Crippen molar-refractivity contribution in [1.82, 2.24) is 9.97 Å². The monoisotopic (exact) mass is 604 g/mol. The van der Waals surface area contributed by atoms with Gasteiger partial charge in [0.25, 0.3) is 0 Å². The zero-order valence-corrected chi connectivity index (χ0v) is 25.1. The molecule has 3 aliphatic heterocycles. The lowest BCUT2D eigenvalue weighted by molar-refractivity contribution is 0.156. The van der Waals surface area contributed by atoms with Crippen molar-refractivity contribution in [3.63, 3.8) is 0 Å². The average Bonchev–Trinajstić information content (AvgIpc) is 3.83. The van der Waals surface area contributed by atoms with Crippen LogP contribution in [-0.4, -0.2) is 46.5 Å². The largest absolute Gasteiger partial charge is 0.493 e. The van der Waals surface area contributed by atoms with Gasteiger partial charge in [-0.05, 0) is 19.9 Å². The molecule has 224 valence electrons. The summed E-state index contributed by atoms with van der Waals surface area (Å²) in [5, 5.41) is 8.99. The fourth-order valence-corrected chi connectivity index (χ4v) is 6.40. The van der Waals surface area contributed by atoms with Gasteiger partial charge in [0.05, 0.1) is 18.6 Å². The molecule has 5 heterocycles. The van der Waals surface area contributed by atoms with E-state index >= 15 is 0 Å². The Morgan fingerprint density at radius 2 is 1.28 bits per heavy atom. The van der Waals surface area contributed by atoms with Crippen LogP contribution in [0.4, 0.5) is 23.3 Å². The molecule has 8 bridgehead atoms. The zero-order chi connectivity index (χ0) is 30.8. The minimum atomic E-state index is 0.403. The highest BCUT2D eigenvalue weighted by Gasteiger charge is 2.32. The van der Waals surface area contributed by atoms with Crippen molar-refractivity contribution >= 4 is 68.2 Å². The molecule has 0 saturated heterocycles. The Balaban J connectivity index is 1.38. The first-order chi connectivity index (χ1) is 22.7. The number of hydrogen-bond acceptors (Lipinski definition) is 8. The van der Waals surface area contributed by atoms with Crippen LogP contribution >= 0.6 is 0 Å². The van der Waals surface area contributed by atoms with Crippen molar-refractivity contribution in [3.8, 4) is 5.75 Å². The zero-order valence-electron chi connectivity index (χ0n) is 25.1. The van der Waals surface area contributed by atoms with Gasteiger partial charge in [-0.3, -0.25) is 4.84 Å². The van der Waals surface area contributed by atoms with Crippen molar-refractivity contribution in [2.45, 2.75) is 13.8 Å². The number of hydroxylamine groups is 1. The van der Waals surface area contributed by atoms with Crippen LogP contribution in [0.1, 0.15) is 36.1 Å². The topological polar surface area (TPSA) is 115 Å². The maximum atomic E-state index is 6.38. The molecule has 0 saturated carbocycles. The molecule has 0 atom stereocenters. The summed E-state index contributed by atoms with van der Waals surface area (Å²) in [5.74, 6) is 5.95. The number of hydrogen-bond donors (Lipinski definition) is 3. The molecule has 0 fully saturated rings. The van der Waals surface area contributed by atoms with Gasteiger partial charge in [-0.15, -0.1) is 0 Å². The lowest BCUT2D eigenvalue weighted by atomic mass is 10.1. The summed E-state index contributed by atoms with van der Waals surface area (Å²) in [6, 6.07) is 30.3. The minimum absolute atomic E-state index is 0.403. The maximum Gasteiger partial charge on any atom is 0.170 e. The van der Waals surface area contributed by atoms with E-state index in [1.807, 2.05) is 86.6 Å². The molecule has 3 N–H and O–H groups in total. The molecule has 0 spiro atoms. The Hall–Kier alpha value is -6.00. The number of aromatic nitrogens is 2. The molecule has 0 amide bonds. The van der Waals surface area contributed by atoms with Crippen LogP contribution in [0.25, 0.3) is 21.5 Å². The predicted octanol–water partition coefficient (Wildman–Crippen LogP) is 7.61. The van der Waals surface area contributed by atoms with E-state index in [0.29, 0.717) is 59.8 Å². The Labute approximate surface area is 263 Å². The van der Waals surface area contributed by atoms with Gasteiger partial charge in [0.1, 0.15) is 34.9 Å². The summed E-state index contributed by atoms with van der Waals surface area (Å²) < 4.78 is 6.14. The highest BCUT2D eigenvalue weighted by Crippen LogP contribution is 2.43. The second-order valence-corrected chi connectivity index (χ2v) is 11.0. The number of anilines is 2. The van der Waals surface area contributed by atoms with Crippen LogP contribution in [0.15, 0.2) is 111 Å².